The van der Waals surface area contributed by atoms with E-state index in [1.54, 1.807) is 30.1 Å². The van der Waals surface area contributed by atoms with Crippen LogP contribution in [0.3, 0.4) is 0 Å². The summed E-state index contributed by atoms with van der Waals surface area (Å²) in [6.45, 7) is 2.00. The number of halogens is 2. The van der Waals surface area contributed by atoms with Gasteiger partial charge in [0.15, 0.2) is 9.84 Å². The van der Waals surface area contributed by atoms with Crippen molar-refractivity contribution < 1.29 is 17.9 Å². The first-order chi connectivity index (χ1) is 12.2. The fraction of sp³-hybridized carbons (Fsp3) is 0.438. The van der Waals surface area contributed by atoms with Gasteiger partial charge >= 0.3 is 0 Å². The first kappa shape index (κ1) is 20.1. The van der Waals surface area contributed by atoms with Crippen LogP contribution < -0.4 is 5.84 Å². The van der Waals surface area contributed by atoms with Gasteiger partial charge in [-0.2, -0.15) is 0 Å². The van der Waals surface area contributed by atoms with E-state index in [4.69, 9.17) is 10.6 Å². The number of sulfone groups is 1. The Bertz CT molecular complexity index is 866. The third kappa shape index (κ3) is 3.79. The third-order valence-electron chi connectivity index (χ3n) is 4.38. The monoisotopic (exact) mass is 555 g/mol. The van der Waals surface area contributed by atoms with Gasteiger partial charge in [0.05, 0.1) is 29.6 Å². The van der Waals surface area contributed by atoms with Crippen molar-refractivity contribution in [3.05, 3.63) is 33.8 Å². The van der Waals surface area contributed by atoms with Crippen LogP contribution in [0.4, 0.5) is 0 Å². The molecule has 10 heteroatoms. The van der Waals surface area contributed by atoms with Gasteiger partial charge in [-0.05, 0) is 23.8 Å². The molecule has 1 saturated heterocycles. The largest absolute Gasteiger partial charge is 0.378 e. The highest BCUT2D eigenvalue weighted by Gasteiger charge is 2.37. The van der Waals surface area contributed by atoms with Gasteiger partial charge in [-0.15, -0.1) is 0 Å². The van der Waals surface area contributed by atoms with Crippen molar-refractivity contribution in [2.45, 2.75) is 8.82 Å². The molecule has 0 saturated carbocycles. The van der Waals surface area contributed by atoms with Gasteiger partial charge in [0.1, 0.15) is 3.92 Å². The highest BCUT2D eigenvalue weighted by Crippen LogP contribution is 2.38. The predicted molar refractivity (Wildman–Crippen MR) is 110 cm³/mol. The van der Waals surface area contributed by atoms with E-state index in [-0.39, 0.29) is 16.6 Å². The molecule has 0 spiro atoms. The van der Waals surface area contributed by atoms with Gasteiger partial charge < -0.3 is 14.6 Å². The number of hydrogen-bond donors (Lipinski definition) is 1. The van der Waals surface area contributed by atoms with Crippen molar-refractivity contribution in [1.82, 2.24) is 9.91 Å². The number of fused-ring (bicyclic) bond motifs is 1. The van der Waals surface area contributed by atoms with Crippen molar-refractivity contribution in [1.29, 1.82) is 0 Å². The summed E-state index contributed by atoms with van der Waals surface area (Å²) in [6, 6.07) is 4.99. The van der Waals surface area contributed by atoms with Gasteiger partial charge in [0.25, 0.3) is 0 Å². The Morgan fingerprint density at radius 3 is 2.65 bits per heavy atom. The van der Waals surface area contributed by atoms with Crippen LogP contribution in [0.25, 0.3) is 5.70 Å². The highest BCUT2D eigenvalue weighted by atomic mass is 127. The molecule has 26 heavy (non-hydrogen) atoms. The number of carbonyl (C=O) groups excluding carboxylic acids is 1. The molecule has 1 fully saturated rings. The van der Waals surface area contributed by atoms with E-state index in [0.29, 0.717) is 43.1 Å². The minimum absolute atomic E-state index is 0.114. The third-order valence-corrected chi connectivity index (χ3v) is 7.87. The molecule has 1 amide bonds. The lowest BCUT2D eigenvalue weighted by molar-refractivity contribution is -0.133. The number of rotatable bonds is 3. The van der Waals surface area contributed by atoms with E-state index in [2.05, 4.69) is 15.9 Å². The lowest BCUT2D eigenvalue weighted by Crippen LogP contribution is -2.46. The van der Waals surface area contributed by atoms with Gasteiger partial charge in [-0.1, -0.05) is 38.5 Å². The molecule has 2 heterocycles. The lowest BCUT2D eigenvalue weighted by atomic mass is 10.0. The molecule has 1 aromatic carbocycles. The predicted octanol–water partition coefficient (Wildman–Crippen LogP) is 1.42. The molecule has 7 nitrogen and oxygen atoms in total. The maximum Gasteiger partial charge on any atom is 0.239 e. The van der Waals surface area contributed by atoms with Crippen molar-refractivity contribution in [2.24, 2.45) is 5.84 Å². The van der Waals surface area contributed by atoms with E-state index in [0.717, 1.165) is 4.47 Å². The second-order valence-corrected chi connectivity index (χ2v) is 10.3. The van der Waals surface area contributed by atoms with Crippen LogP contribution >= 0.6 is 38.5 Å². The first-order valence-electron chi connectivity index (χ1n) is 7.97. The Kier molecular flexibility index (Phi) is 5.97. The minimum atomic E-state index is -3.54. The number of nitrogens with zero attached hydrogens (tertiary/aromatic N) is 2. The van der Waals surface area contributed by atoms with Crippen LogP contribution in [0.15, 0.2) is 33.1 Å². The average Bonchev–Trinajstić information content (AvgIpc) is 2.59. The maximum atomic E-state index is 12.9. The Morgan fingerprint density at radius 1 is 1.38 bits per heavy atom. The van der Waals surface area contributed by atoms with Gasteiger partial charge in [-0.3, -0.25) is 4.79 Å². The number of benzene rings is 1. The summed E-state index contributed by atoms with van der Waals surface area (Å²) in [4.78, 5) is 14.9. The van der Waals surface area contributed by atoms with Crippen LogP contribution in [0.5, 0.6) is 0 Å². The number of alkyl halides is 1. The van der Waals surface area contributed by atoms with Gasteiger partial charge in [-0.25, -0.2) is 14.3 Å². The maximum absolute atomic E-state index is 12.9. The molecule has 3 rings (SSSR count). The summed E-state index contributed by atoms with van der Waals surface area (Å²) in [5, 5.41) is 1.40. The number of morpholine rings is 1. The van der Waals surface area contributed by atoms with Crippen molar-refractivity contribution >= 4 is 60.0 Å². The fourth-order valence-electron chi connectivity index (χ4n) is 3.19. The highest BCUT2D eigenvalue weighted by molar-refractivity contribution is 14.1. The SMILES string of the molecule is CN(N)C1=C(C(I)C(=O)N2CCOCC2)CS(=O)(=O)c2ccc(Br)cc21. The normalized spacial score (nSPS) is 20.5. The Morgan fingerprint density at radius 2 is 2.04 bits per heavy atom. The van der Waals surface area contributed by atoms with Crippen LogP contribution in [0.1, 0.15) is 5.56 Å². The number of ether oxygens (including phenoxy) is 1. The minimum Gasteiger partial charge on any atom is -0.378 e. The summed E-state index contributed by atoms with van der Waals surface area (Å²) in [5.41, 5.74) is 1.61. The number of hydrazine groups is 1. The second-order valence-electron chi connectivity index (χ2n) is 6.18. The van der Waals surface area contributed by atoms with Gasteiger partial charge in [0.2, 0.25) is 5.91 Å². The standard InChI is InChI=1S/C16H19BrIN3O4S/c1-20(19)15-11-8-10(17)2-3-13(11)26(23,24)9-12(15)14(18)16(22)21-4-6-25-7-5-21/h2-3,8,14H,4-7,9,19H2,1H3. The summed E-state index contributed by atoms with van der Waals surface area (Å²) >= 11 is 5.40. The molecule has 2 aliphatic rings. The summed E-state index contributed by atoms with van der Waals surface area (Å²) in [7, 11) is -1.89. The van der Waals surface area contributed by atoms with E-state index >= 15 is 0 Å². The lowest BCUT2D eigenvalue weighted by Gasteiger charge is -2.33. The van der Waals surface area contributed by atoms with Gasteiger partial charge in [0, 0.05) is 30.2 Å². The van der Waals surface area contributed by atoms with Crippen LogP contribution in [-0.4, -0.2) is 67.3 Å². The molecule has 142 valence electrons. The van der Waals surface area contributed by atoms with Crippen molar-refractivity contribution in [3.8, 4) is 0 Å². The van der Waals surface area contributed by atoms with E-state index in [9.17, 15) is 13.2 Å². The second kappa shape index (κ2) is 7.74. The molecule has 1 aromatic rings. The smallest absolute Gasteiger partial charge is 0.239 e. The molecule has 0 aromatic heterocycles. The van der Waals surface area contributed by atoms with E-state index in [1.165, 1.54) is 5.01 Å². The Labute approximate surface area is 174 Å². The number of carbonyl (C=O) groups is 1. The topological polar surface area (TPSA) is 92.9 Å². The molecule has 2 N–H and O–H groups in total. The summed E-state index contributed by atoms with van der Waals surface area (Å²) in [6.07, 6.45) is 0. The molecular weight excluding hydrogens is 537 g/mol. The molecule has 1 unspecified atom stereocenters. The first-order valence-corrected chi connectivity index (χ1v) is 11.7. The zero-order valence-corrected chi connectivity index (χ0v) is 18.7. The zero-order valence-electron chi connectivity index (χ0n) is 14.1. The summed E-state index contributed by atoms with van der Waals surface area (Å²) < 4.78 is 31.0. The molecule has 2 aliphatic heterocycles. The number of nitrogens with two attached hydrogens (primary N) is 1. The Balaban J connectivity index is 2.10. The zero-order chi connectivity index (χ0) is 19.1. The van der Waals surface area contributed by atoms with E-state index < -0.39 is 13.8 Å². The molecule has 0 radical (unpaired) electrons. The molecule has 1 atom stereocenters. The fourth-order valence-corrected chi connectivity index (χ4v) is 6.39. The molecular formula is C16H19BrIN3O4S. The molecule has 0 bridgehead atoms. The van der Waals surface area contributed by atoms with Crippen molar-refractivity contribution in [3.63, 3.8) is 0 Å². The number of amides is 1. The van der Waals surface area contributed by atoms with Crippen LogP contribution in [0, 0.1) is 0 Å². The number of hydrogen-bond acceptors (Lipinski definition) is 6. The van der Waals surface area contributed by atoms with Crippen LogP contribution in [-0.2, 0) is 19.4 Å². The summed E-state index contributed by atoms with van der Waals surface area (Å²) in [5.74, 6) is 5.71. The van der Waals surface area contributed by atoms with E-state index in [1.807, 2.05) is 22.6 Å². The average molecular weight is 556 g/mol. The van der Waals surface area contributed by atoms with Crippen LogP contribution in [0.2, 0.25) is 0 Å². The quantitative estimate of drug-likeness (QED) is 0.262. The molecule has 0 aliphatic carbocycles. The Hall–Kier alpha value is -0.690. The van der Waals surface area contributed by atoms with Crippen molar-refractivity contribution in [2.75, 3.05) is 39.1 Å².